The van der Waals surface area contributed by atoms with Crippen molar-refractivity contribution in [1.82, 2.24) is 0 Å². The van der Waals surface area contributed by atoms with Crippen molar-refractivity contribution in [3.8, 4) is 0 Å². The summed E-state index contributed by atoms with van der Waals surface area (Å²) < 4.78 is 10.3. The lowest BCUT2D eigenvalue weighted by Gasteiger charge is -2.12. The molecule has 17 heavy (non-hydrogen) atoms. The molecule has 1 rings (SSSR count). The minimum atomic E-state index is 0.166. The second-order valence-corrected chi connectivity index (χ2v) is 4.35. The van der Waals surface area contributed by atoms with Crippen LogP contribution < -0.4 is 5.73 Å². The van der Waals surface area contributed by atoms with Gasteiger partial charge in [-0.15, -0.1) is 0 Å². The second-order valence-electron chi connectivity index (χ2n) is 4.35. The van der Waals surface area contributed by atoms with Crippen LogP contribution in [0.2, 0.25) is 0 Å². The van der Waals surface area contributed by atoms with Gasteiger partial charge in [-0.25, -0.2) is 0 Å². The fraction of sp³-hybridized carbons (Fsp3) is 0.571. The molecule has 0 saturated carbocycles. The zero-order valence-corrected chi connectivity index (χ0v) is 10.8. The van der Waals surface area contributed by atoms with E-state index in [1.807, 2.05) is 0 Å². The molecule has 96 valence electrons. The SMILES string of the molecule is COCCOCCC(N)Cc1cccc(C)c1. The molecule has 0 bridgehead atoms. The fourth-order valence-corrected chi connectivity index (χ4v) is 1.72. The van der Waals surface area contributed by atoms with E-state index in [-0.39, 0.29) is 6.04 Å². The van der Waals surface area contributed by atoms with Gasteiger partial charge in [0.15, 0.2) is 0 Å². The molecule has 1 aromatic carbocycles. The summed E-state index contributed by atoms with van der Waals surface area (Å²) in [5.74, 6) is 0. The molecule has 0 spiro atoms. The molecule has 0 amide bonds. The molecule has 2 N–H and O–H groups in total. The Labute approximate surface area is 104 Å². The quantitative estimate of drug-likeness (QED) is 0.703. The summed E-state index contributed by atoms with van der Waals surface area (Å²) in [6.07, 6.45) is 1.80. The van der Waals surface area contributed by atoms with Crippen LogP contribution >= 0.6 is 0 Å². The van der Waals surface area contributed by atoms with Crippen LogP contribution in [0.25, 0.3) is 0 Å². The van der Waals surface area contributed by atoms with Crippen molar-refractivity contribution < 1.29 is 9.47 Å². The Kier molecular flexibility index (Phi) is 6.86. The first kappa shape index (κ1) is 14.2. The van der Waals surface area contributed by atoms with Crippen LogP contribution in [0, 0.1) is 6.92 Å². The number of ether oxygens (including phenoxy) is 2. The number of rotatable bonds is 8. The maximum atomic E-state index is 6.06. The molecule has 0 aliphatic heterocycles. The number of methoxy groups -OCH3 is 1. The van der Waals surface area contributed by atoms with Gasteiger partial charge >= 0.3 is 0 Å². The summed E-state index contributed by atoms with van der Waals surface area (Å²) in [7, 11) is 1.67. The number of nitrogens with two attached hydrogens (primary N) is 1. The predicted octanol–water partition coefficient (Wildman–Crippen LogP) is 1.92. The molecule has 0 heterocycles. The first-order valence-electron chi connectivity index (χ1n) is 6.10. The Hall–Kier alpha value is -0.900. The molecule has 1 aromatic rings. The Morgan fingerprint density at radius 3 is 2.76 bits per heavy atom. The highest BCUT2D eigenvalue weighted by atomic mass is 16.5. The van der Waals surface area contributed by atoms with Gasteiger partial charge in [0, 0.05) is 19.8 Å². The summed E-state index contributed by atoms with van der Waals surface area (Å²) in [6, 6.07) is 8.65. The molecule has 0 fully saturated rings. The van der Waals surface area contributed by atoms with Gasteiger partial charge in [-0.1, -0.05) is 29.8 Å². The van der Waals surface area contributed by atoms with E-state index in [2.05, 4.69) is 31.2 Å². The molecule has 1 atom stereocenters. The molecule has 0 aliphatic carbocycles. The van der Waals surface area contributed by atoms with Crippen LogP contribution in [0.5, 0.6) is 0 Å². The summed E-state index contributed by atoms with van der Waals surface area (Å²) in [5, 5.41) is 0. The van der Waals surface area contributed by atoms with Crippen LogP contribution in [0.4, 0.5) is 0 Å². The van der Waals surface area contributed by atoms with Gasteiger partial charge in [0.05, 0.1) is 13.2 Å². The number of hydrogen-bond donors (Lipinski definition) is 1. The maximum Gasteiger partial charge on any atom is 0.0700 e. The van der Waals surface area contributed by atoms with Crippen molar-refractivity contribution in [3.63, 3.8) is 0 Å². The number of aryl methyl sites for hydroxylation is 1. The van der Waals surface area contributed by atoms with Crippen molar-refractivity contribution >= 4 is 0 Å². The molecule has 0 aliphatic rings. The highest BCUT2D eigenvalue weighted by Gasteiger charge is 2.04. The van der Waals surface area contributed by atoms with Crippen molar-refractivity contribution in [2.75, 3.05) is 26.9 Å². The van der Waals surface area contributed by atoms with Crippen molar-refractivity contribution in [3.05, 3.63) is 35.4 Å². The number of benzene rings is 1. The minimum absolute atomic E-state index is 0.166. The van der Waals surface area contributed by atoms with E-state index in [9.17, 15) is 0 Å². The molecule has 0 radical (unpaired) electrons. The van der Waals surface area contributed by atoms with Crippen molar-refractivity contribution in [1.29, 1.82) is 0 Å². The van der Waals surface area contributed by atoms with Gasteiger partial charge in [-0.3, -0.25) is 0 Å². The highest BCUT2D eigenvalue weighted by Crippen LogP contribution is 2.07. The summed E-state index contributed by atoms with van der Waals surface area (Å²) in [4.78, 5) is 0. The molecule has 1 unspecified atom stereocenters. The standard InChI is InChI=1S/C14H23NO2/c1-12-4-3-5-13(10-12)11-14(15)6-7-17-9-8-16-2/h3-5,10,14H,6-9,11,15H2,1-2H3. The molecule has 0 saturated heterocycles. The van der Waals surface area contributed by atoms with Crippen LogP contribution in [0.15, 0.2) is 24.3 Å². The van der Waals surface area contributed by atoms with Gasteiger partial charge in [-0.05, 0) is 25.3 Å². The Morgan fingerprint density at radius 2 is 2.06 bits per heavy atom. The highest BCUT2D eigenvalue weighted by molar-refractivity contribution is 5.22. The zero-order valence-electron chi connectivity index (χ0n) is 10.8. The van der Waals surface area contributed by atoms with Crippen molar-refractivity contribution in [2.45, 2.75) is 25.8 Å². The first-order valence-corrected chi connectivity index (χ1v) is 6.10. The Bertz CT molecular complexity index is 315. The average Bonchev–Trinajstić information content (AvgIpc) is 2.29. The third-order valence-corrected chi connectivity index (χ3v) is 2.65. The topological polar surface area (TPSA) is 44.5 Å². The molecule has 3 nitrogen and oxygen atoms in total. The van der Waals surface area contributed by atoms with E-state index in [1.54, 1.807) is 7.11 Å². The second kappa shape index (κ2) is 8.23. The first-order chi connectivity index (χ1) is 8.22. The lowest BCUT2D eigenvalue weighted by atomic mass is 10.0. The van der Waals surface area contributed by atoms with E-state index >= 15 is 0 Å². The van der Waals surface area contributed by atoms with Gasteiger partial charge < -0.3 is 15.2 Å². The minimum Gasteiger partial charge on any atom is -0.382 e. The fourth-order valence-electron chi connectivity index (χ4n) is 1.72. The van der Waals surface area contributed by atoms with Crippen LogP contribution in [-0.4, -0.2) is 33.0 Å². The van der Waals surface area contributed by atoms with Gasteiger partial charge in [-0.2, -0.15) is 0 Å². The van der Waals surface area contributed by atoms with Gasteiger partial charge in [0.25, 0.3) is 0 Å². The monoisotopic (exact) mass is 237 g/mol. The molecular formula is C14H23NO2. The summed E-state index contributed by atoms with van der Waals surface area (Å²) >= 11 is 0. The van der Waals surface area contributed by atoms with E-state index in [1.165, 1.54) is 11.1 Å². The van der Waals surface area contributed by atoms with E-state index in [4.69, 9.17) is 15.2 Å². The third kappa shape index (κ3) is 6.41. The van der Waals surface area contributed by atoms with E-state index in [0.29, 0.717) is 19.8 Å². The number of hydrogen-bond acceptors (Lipinski definition) is 3. The van der Waals surface area contributed by atoms with Crippen LogP contribution in [0.1, 0.15) is 17.5 Å². The normalized spacial score (nSPS) is 12.6. The largest absolute Gasteiger partial charge is 0.382 e. The van der Waals surface area contributed by atoms with Gasteiger partial charge in [0.2, 0.25) is 0 Å². The Morgan fingerprint density at radius 1 is 1.24 bits per heavy atom. The van der Waals surface area contributed by atoms with Crippen LogP contribution in [-0.2, 0) is 15.9 Å². The predicted molar refractivity (Wildman–Crippen MR) is 70.2 cm³/mol. The molecular weight excluding hydrogens is 214 g/mol. The van der Waals surface area contributed by atoms with Gasteiger partial charge in [0.1, 0.15) is 0 Å². The molecule has 3 heteroatoms. The summed E-state index contributed by atoms with van der Waals surface area (Å²) in [5.41, 5.74) is 8.64. The maximum absolute atomic E-state index is 6.06. The lowest BCUT2D eigenvalue weighted by Crippen LogP contribution is -2.25. The zero-order chi connectivity index (χ0) is 12.5. The smallest absolute Gasteiger partial charge is 0.0700 e. The summed E-state index contributed by atoms with van der Waals surface area (Å²) in [6.45, 7) is 4.10. The molecule has 0 aromatic heterocycles. The lowest BCUT2D eigenvalue weighted by molar-refractivity contribution is 0.0672. The van der Waals surface area contributed by atoms with E-state index < -0.39 is 0 Å². The Balaban J connectivity index is 2.18. The average molecular weight is 237 g/mol. The third-order valence-electron chi connectivity index (χ3n) is 2.65. The van der Waals surface area contributed by atoms with Crippen molar-refractivity contribution in [2.24, 2.45) is 5.73 Å². The van der Waals surface area contributed by atoms with Crippen LogP contribution in [0.3, 0.4) is 0 Å². The van der Waals surface area contributed by atoms with E-state index in [0.717, 1.165) is 12.8 Å².